The third-order valence-corrected chi connectivity index (χ3v) is 1.78. The van der Waals surface area contributed by atoms with Gasteiger partial charge in [0.1, 0.15) is 11.4 Å². The number of rotatable bonds is 3. The van der Waals surface area contributed by atoms with Crippen LogP contribution in [-0.4, -0.2) is 22.8 Å². The Kier molecular flexibility index (Phi) is 3.73. The first-order chi connectivity index (χ1) is 7.39. The van der Waals surface area contributed by atoms with Crippen LogP contribution < -0.4 is 5.43 Å². The molecule has 0 fully saturated rings. The minimum atomic E-state index is -1.49. The molecule has 1 aromatic rings. The first-order valence-corrected chi connectivity index (χ1v) is 4.71. The molecule has 4 nitrogen and oxygen atoms in total. The molecule has 0 bridgehead atoms. The third-order valence-electron chi connectivity index (χ3n) is 1.78. The molecule has 2 N–H and O–H groups in total. The van der Waals surface area contributed by atoms with Crippen molar-refractivity contribution in [2.45, 2.75) is 19.4 Å². The highest BCUT2D eigenvalue weighted by Crippen LogP contribution is 2.01. The predicted octanol–water partition coefficient (Wildman–Crippen LogP) is 1.05. The summed E-state index contributed by atoms with van der Waals surface area (Å²) >= 11 is 0. The Morgan fingerprint density at radius 2 is 2.25 bits per heavy atom. The fourth-order valence-corrected chi connectivity index (χ4v) is 0.889. The summed E-state index contributed by atoms with van der Waals surface area (Å²) in [7, 11) is 0. The lowest BCUT2D eigenvalue weighted by atomic mass is 10.1. The summed E-state index contributed by atoms with van der Waals surface area (Å²) in [5, 5.41) is 12.9. The van der Waals surface area contributed by atoms with Crippen molar-refractivity contribution in [3.8, 4) is 0 Å². The van der Waals surface area contributed by atoms with E-state index in [9.17, 15) is 14.3 Å². The van der Waals surface area contributed by atoms with E-state index in [1.807, 2.05) is 0 Å². The Labute approximate surface area is 92.8 Å². The maximum Gasteiger partial charge on any atom is 0.271 e. The van der Waals surface area contributed by atoms with Crippen LogP contribution in [0.25, 0.3) is 0 Å². The molecule has 16 heavy (non-hydrogen) atoms. The Bertz CT molecular complexity index is 411. The van der Waals surface area contributed by atoms with Crippen molar-refractivity contribution in [2.75, 3.05) is 0 Å². The van der Waals surface area contributed by atoms with Crippen LogP contribution in [0.15, 0.2) is 29.4 Å². The largest absolute Gasteiger partial charge is 0.381 e. The van der Waals surface area contributed by atoms with Crippen LogP contribution in [0.5, 0.6) is 0 Å². The number of benzene rings is 1. The van der Waals surface area contributed by atoms with Gasteiger partial charge in [-0.3, -0.25) is 4.79 Å². The zero-order chi connectivity index (χ0) is 12.2. The fourth-order valence-electron chi connectivity index (χ4n) is 0.889. The second kappa shape index (κ2) is 4.85. The summed E-state index contributed by atoms with van der Waals surface area (Å²) in [6.07, 6.45) is 1.30. The topological polar surface area (TPSA) is 61.7 Å². The van der Waals surface area contributed by atoms with Gasteiger partial charge in [-0.25, -0.2) is 9.82 Å². The smallest absolute Gasteiger partial charge is 0.271 e. The van der Waals surface area contributed by atoms with Crippen LogP contribution in [0.3, 0.4) is 0 Å². The van der Waals surface area contributed by atoms with Crippen molar-refractivity contribution in [2.24, 2.45) is 5.10 Å². The molecule has 1 aromatic carbocycles. The second-order valence-corrected chi connectivity index (χ2v) is 3.81. The van der Waals surface area contributed by atoms with Gasteiger partial charge in [0.2, 0.25) is 0 Å². The van der Waals surface area contributed by atoms with Crippen molar-refractivity contribution >= 4 is 12.1 Å². The quantitative estimate of drug-likeness (QED) is 0.595. The number of hydrogen-bond donors (Lipinski definition) is 2. The lowest BCUT2D eigenvalue weighted by Gasteiger charge is -2.13. The number of hydrazone groups is 1. The van der Waals surface area contributed by atoms with Crippen molar-refractivity contribution < 1.29 is 14.3 Å². The summed E-state index contributed by atoms with van der Waals surface area (Å²) < 4.78 is 12.8. The summed E-state index contributed by atoms with van der Waals surface area (Å²) in [5.41, 5.74) is 1.19. The van der Waals surface area contributed by atoms with Crippen LogP contribution in [0.2, 0.25) is 0 Å². The van der Waals surface area contributed by atoms with Crippen LogP contribution >= 0.6 is 0 Å². The standard InChI is InChI=1S/C11H13FN2O2/c1-11(2,16)10(15)14-13-7-8-4-3-5-9(12)6-8/h3-7,16H,1-2H3,(H,14,15)/b13-7+. The van der Waals surface area contributed by atoms with Crippen LogP contribution in [0.4, 0.5) is 4.39 Å². The van der Waals surface area contributed by atoms with Gasteiger partial charge in [-0.1, -0.05) is 12.1 Å². The molecule has 0 aliphatic rings. The van der Waals surface area contributed by atoms with Crippen LogP contribution in [0.1, 0.15) is 19.4 Å². The molecule has 0 radical (unpaired) electrons. The molecule has 0 aliphatic heterocycles. The number of nitrogens with one attached hydrogen (secondary N) is 1. The minimum absolute atomic E-state index is 0.377. The molecule has 0 spiro atoms. The van der Waals surface area contributed by atoms with Gasteiger partial charge in [0.05, 0.1) is 6.21 Å². The van der Waals surface area contributed by atoms with Gasteiger partial charge in [-0.05, 0) is 31.5 Å². The SMILES string of the molecule is CC(C)(O)C(=O)N/N=C/c1cccc(F)c1. The first-order valence-electron chi connectivity index (χ1n) is 4.71. The van der Waals surface area contributed by atoms with Gasteiger partial charge in [0, 0.05) is 0 Å². The molecule has 0 unspecified atom stereocenters. The Morgan fingerprint density at radius 1 is 1.56 bits per heavy atom. The lowest BCUT2D eigenvalue weighted by molar-refractivity contribution is -0.136. The Hall–Kier alpha value is -1.75. The Balaban J connectivity index is 2.59. The highest BCUT2D eigenvalue weighted by molar-refractivity contribution is 5.86. The Morgan fingerprint density at radius 3 is 2.81 bits per heavy atom. The predicted molar refractivity (Wildman–Crippen MR) is 58.4 cm³/mol. The van der Waals surface area contributed by atoms with E-state index in [0.29, 0.717) is 5.56 Å². The second-order valence-electron chi connectivity index (χ2n) is 3.81. The molecule has 0 saturated heterocycles. The zero-order valence-electron chi connectivity index (χ0n) is 9.07. The summed E-state index contributed by atoms with van der Waals surface area (Å²) in [4.78, 5) is 11.2. The van der Waals surface area contributed by atoms with Crippen molar-refractivity contribution in [1.82, 2.24) is 5.43 Å². The van der Waals surface area contributed by atoms with Crippen LogP contribution in [0, 0.1) is 5.82 Å². The first kappa shape index (κ1) is 12.3. The van der Waals surface area contributed by atoms with Gasteiger partial charge in [-0.15, -0.1) is 0 Å². The summed E-state index contributed by atoms with van der Waals surface area (Å²) in [6.45, 7) is 2.69. The summed E-state index contributed by atoms with van der Waals surface area (Å²) in [5.74, 6) is -1.00. The highest BCUT2D eigenvalue weighted by atomic mass is 19.1. The normalized spacial score (nSPS) is 11.8. The molecule has 86 valence electrons. The number of aliphatic hydroxyl groups is 1. The average molecular weight is 224 g/mol. The van der Waals surface area contributed by atoms with E-state index in [1.54, 1.807) is 6.07 Å². The van der Waals surface area contributed by atoms with Gasteiger partial charge in [0.15, 0.2) is 0 Å². The number of amides is 1. The lowest BCUT2D eigenvalue weighted by Crippen LogP contribution is -2.39. The van der Waals surface area contributed by atoms with E-state index < -0.39 is 11.5 Å². The van der Waals surface area contributed by atoms with E-state index >= 15 is 0 Å². The summed E-state index contributed by atoms with van der Waals surface area (Å²) in [6, 6.07) is 5.77. The number of carbonyl (C=O) groups excluding carboxylic acids is 1. The highest BCUT2D eigenvalue weighted by Gasteiger charge is 2.22. The van der Waals surface area contributed by atoms with Crippen molar-refractivity contribution in [3.05, 3.63) is 35.6 Å². The van der Waals surface area contributed by atoms with E-state index in [2.05, 4.69) is 10.5 Å². The molecular weight excluding hydrogens is 211 g/mol. The van der Waals surface area contributed by atoms with Crippen molar-refractivity contribution in [3.63, 3.8) is 0 Å². The molecule has 0 saturated carbocycles. The molecule has 0 aromatic heterocycles. The minimum Gasteiger partial charge on any atom is -0.381 e. The molecule has 0 aliphatic carbocycles. The van der Waals surface area contributed by atoms with E-state index in [-0.39, 0.29) is 5.82 Å². The number of carbonyl (C=O) groups is 1. The molecular formula is C11H13FN2O2. The van der Waals surface area contributed by atoms with E-state index in [4.69, 9.17) is 0 Å². The maximum absolute atomic E-state index is 12.8. The monoisotopic (exact) mass is 224 g/mol. The van der Waals surface area contributed by atoms with Gasteiger partial charge >= 0.3 is 0 Å². The number of hydrogen-bond acceptors (Lipinski definition) is 3. The fraction of sp³-hybridized carbons (Fsp3) is 0.273. The van der Waals surface area contributed by atoms with E-state index in [1.165, 1.54) is 38.3 Å². The van der Waals surface area contributed by atoms with Gasteiger partial charge in [0.25, 0.3) is 5.91 Å². The molecule has 5 heteroatoms. The molecule has 0 atom stereocenters. The molecule has 0 heterocycles. The molecule has 1 amide bonds. The third kappa shape index (κ3) is 3.78. The van der Waals surface area contributed by atoms with Crippen molar-refractivity contribution in [1.29, 1.82) is 0 Å². The zero-order valence-corrected chi connectivity index (χ0v) is 9.07. The van der Waals surface area contributed by atoms with Gasteiger partial charge < -0.3 is 5.11 Å². The van der Waals surface area contributed by atoms with E-state index in [0.717, 1.165) is 0 Å². The number of halogens is 1. The average Bonchev–Trinajstić information content (AvgIpc) is 2.16. The maximum atomic E-state index is 12.8. The molecule has 1 rings (SSSR count). The van der Waals surface area contributed by atoms with Crippen LogP contribution in [-0.2, 0) is 4.79 Å². The number of nitrogens with zero attached hydrogens (tertiary/aromatic N) is 1. The van der Waals surface area contributed by atoms with Gasteiger partial charge in [-0.2, -0.15) is 5.10 Å².